The first-order valence-corrected chi connectivity index (χ1v) is 9.91. The second-order valence-electron chi connectivity index (χ2n) is 5.96. The van der Waals surface area contributed by atoms with Gasteiger partial charge in [-0.25, -0.2) is 9.78 Å². The van der Waals surface area contributed by atoms with E-state index in [1.807, 2.05) is 24.3 Å². The first-order chi connectivity index (χ1) is 12.1. The van der Waals surface area contributed by atoms with Gasteiger partial charge in [-0.15, -0.1) is 0 Å². The molecular formula is C18H20BrN3O2S. The average Bonchev–Trinajstić information content (AvgIpc) is 2.90. The van der Waals surface area contributed by atoms with Crippen molar-refractivity contribution in [3.8, 4) is 0 Å². The van der Waals surface area contributed by atoms with E-state index in [4.69, 9.17) is 0 Å². The van der Waals surface area contributed by atoms with E-state index in [1.54, 1.807) is 12.3 Å². The minimum Gasteiger partial charge on any atom is -0.478 e. The average molecular weight is 422 g/mol. The van der Waals surface area contributed by atoms with Crippen molar-refractivity contribution in [2.24, 2.45) is 0 Å². The van der Waals surface area contributed by atoms with E-state index < -0.39 is 5.97 Å². The lowest BCUT2D eigenvalue weighted by atomic mass is 10.2. The molecule has 2 N–H and O–H groups in total. The second-order valence-corrected chi connectivity index (χ2v) is 7.75. The van der Waals surface area contributed by atoms with Crippen molar-refractivity contribution in [3.05, 3.63) is 46.6 Å². The highest BCUT2D eigenvalue weighted by molar-refractivity contribution is 9.10. The molecule has 0 bridgehead atoms. The van der Waals surface area contributed by atoms with Gasteiger partial charge < -0.3 is 14.7 Å². The highest BCUT2D eigenvalue weighted by Crippen LogP contribution is 2.27. The van der Waals surface area contributed by atoms with Gasteiger partial charge in [-0.1, -0.05) is 28.8 Å². The van der Waals surface area contributed by atoms with Crippen LogP contribution in [-0.2, 0) is 0 Å². The number of nitrogens with one attached hydrogen (secondary N) is 1. The molecule has 0 atom stereocenters. The number of carboxylic acids is 1. The lowest BCUT2D eigenvalue weighted by Gasteiger charge is -2.23. The van der Waals surface area contributed by atoms with Crippen molar-refractivity contribution >= 4 is 45.4 Å². The van der Waals surface area contributed by atoms with Crippen LogP contribution in [0.1, 0.15) is 36.0 Å². The van der Waals surface area contributed by atoms with Gasteiger partial charge in [0.2, 0.25) is 0 Å². The lowest BCUT2D eigenvalue weighted by molar-refractivity contribution is 0.0697. The molecule has 5 nitrogen and oxygen atoms in total. The number of nitrogens with zero attached hydrogens (tertiary/aromatic N) is 2. The Morgan fingerprint density at radius 3 is 2.48 bits per heavy atom. The van der Waals surface area contributed by atoms with Crippen LogP contribution < -0.4 is 9.62 Å². The molecule has 2 heterocycles. The molecule has 1 aliphatic rings. The number of carboxylic acid groups (broad SMARTS) is 1. The largest absolute Gasteiger partial charge is 0.478 e. The smallest absolute Gasteiger partial charge is 0.339 e. The number of rotatable bonds is 5. The molecule has 0 aliphatic carbocycles. The number of pyridine rings is 1. The molecule has 1 fully saturated rings. The Bertz CT molecular complexity index is 732. The van der Waals surface area contributed by atoms with Gasteiger partial charge in [-0.2, -0.15) is 0 Å². The molecule has 1 aromatic heterocycles. The number of carbonyl (C=O) groups is 1. The van der Waals surface area contributed by atoms with E-state index in [2.05, 4.69) is 30.5 Å². The molecule has 1 saturated heterocycles. The Kier molecular flexibility index (Phi) is 6.20. The van der Waals surface area contributed by atoms with E-state index in [0.717, 1.165) is 35.3 Å². The van der Waals surface area contributed by atoms with Crippen molar-refractivity contribution in [2.75, 3.05) is 22.7 Å². The fourth-order valence-electron chi connectivity index (χ4n) is 2.83. The maximum atomic E-state index is 11.7. The predicted octanol–water partition coefficient (Wildman–Crippen LogP) is 5.04. The normalized spacial score (nSPS) is 14.8. The number of aromatic carboxylic acids is 1. The first kappa shape index (κ1) is 18.1. The summed E-state index contributed by atoms with van der Waals surface area (Å²) in [5.74, 6) is -0.363. The molecule has 0 amide bonds. The summed E-state index contributed by atoms with van der Waals surface area (Å²) >= 11 is 4.84. The molecule has 0 saturated carbocycles. The lowest BCUT2D eigenvalue weighted by Crippen LogP contribution is -2.27. The molecule has 0 spiro atoms. The van der Waals surface area contributed by atoms with Crippen LogP contribution in [0.3, 0.4) is 0 Å². The Morgan fingerprint density at radius 1 is 1.16 bits per heavy atom. The summed E-state index contributed by atoms with van der Waals surface area (Å²) < 4.78 is 4.20. The van der Waals surface area contributed by atoms with Crippen LogP contribution in [0.4, 0.5) is 11.5 Å². The van der Waals surface area contributed by atoms with Crippen molar-refractivity contribution < 1.29 is 9.90 Å². The molecule has 25 heavy (non-hydrogen) atoms. The van der Waals surface area contributed by atoms with Crippen LogP contribution in [0.25, 0.3) is 0 Å². The van der Waals surface area contributed by atoms with Gasteiger partial charge in [0, 0.05) is 22.5 Å². The van der Waals surface area contributed by atoms with E-state index in [9.17, 15) is 9.90 Å². The third-order valence-corrected chi connectivity index (χ3v) is 5.48. The maximum Gasteiger partial charge on any atom is 0.339 e. The highest BCUT2D eigenvalue weighted by atomic mass is 79.9. The van der Waals surface area contributed by atoms with Gasteiger partial charge in [0.25, 0.3) is 0 Å². The zero-order valence-electron chi connectivity index (χ0n) is 13.7. The summed E-state index contributed by atoms with van der Waals surface area (Å²) in [6.45, 7) is 1.74. The van der Waals surface area contributed by atoms with Gasteiger partial charge in [-0.3, -0.25) is 0 Å². The Balaban J connectivity index is 1.76. The molecule has 1 aliphatic heterocycles. The molecule has 2 aromatic rings. The van der Waals surface area contributed by atoms with Crippen molar-refractivity contribution in [3.63, 3.8) is 0 Å². The Hall–Kier alpha value is -1.73. The topological polar surface area (TPSA) is 65.5 Å². The molecule has 132 valence electrons. The summed E-state index contributed by atoms with van der Waals surface area (Å²) in [5.41, 5.74) is 0.937. The minimum absolute atomic E-state index is 0.253. The van der Waals surface area contributed by atoms with E-state index in [0.29, 0.717) is 11.5 Å². The zero-order valence-corrected chi connectivity index (χ0v) is 16.1. The SMILES string of the molecule is O=C(O)c1cc(NSc2ccc(Br)cc2)cnc1N1CCCCCC1. The van der Waals surface area contributed by atoms with E-state index in [-0.39, 0.29) is 5.56 Å². The number of halogens is 1. The van der Waals surface area contributed by atoms with Crippen LogP contribution in [0, 0.1) is 0 Å². The van der Waals surface area contributed by atoms with Crippen molar-refractivity contribution in [2.45, 2.75) is 30.6 Å². The fraction of sp³-hybridized carbons (Fsp3) is 0.333. The molecule has 7 heteroatoms. The molecule has 1 aromatic carbocycles. The molecule has 0 radical (unpaired) electrons. The third-order valence-electron chi connectivity index (χ3n) is 4.10. The van der Waals surface area contributed by atoms with Crippen molar-refractivity contribution in [1.29, 1.82) is 0 Å². The number of hydrogen-bond acceptors (Lipinski definition) is 5. The van der Waals surface area contributed by atoms with Crippen LogP contribution >= 0.6 is 27.9 Å². The van der Waals surface area contributed by atoms with Gasteiger partial charge in [0.15, 0.2) is 0 Å². The summed E-state index contributed by atoms with van der Waals surface area (Å²) in [6.07, 6.45) is 6.27. The monoisotopic (exact) mass is 421 g/mol. The third kappa shape index (κ3) is 4.89. The maximum absolute atomic E-state index is 11.7. The van der Waals surface area contributed by atoms with Gasteiger partial charge in [0.1, 0.15) is 11.4 Å². The van der Waals surface area contributed by atoms with Crippen molar-refractivity contribution in [1.82, 2.24) is 4.98 Å². The minimum atomic E-state index is -0.941. The van der Waals surface area contributed by atoms with Gasteiger partial charge in [-0.05, 0) is 55.1 Å². The number of aromatic nitrogens is 1. The number of benzene rings is 1. The Morgan fingerprint density at radius 2 is 1.84 bits per heavy atom. The fourth-order valence-corrected chi connectivity index (χ4v) is 3.71. The van der Waals surface area contributed by atoms with E-state index in [1.165, 1.54) is 24.8 Å². The second kappa shape index (κ2) is 8.58. The van der Waals surface area contributed by atoms with Gasteiger partial charge >= 0.3 is 5.97 Å². The van der Waals surface area contributed by atoms with Crippen LogP contribution in [-0.4, -0.2) is 29.1 Å². The molecular weight excluding hydrogens is 402 g/mol. The summed E-state index contributed by atoms with van der Waals surface area (Å²) in [5, 5.41) is 9.60. The number of anilines is 2. The van der Waals surface area contributed by atoms with E-state index >= 15 is 0 Å². The summed E-state index contributed by atoms with van der Waals surface area (Å²) in [7, 11) is 0. The first-order valence-electron chi connectivity index (χ1n) is 8.30. The quantitative estimate of drug-likeness (QED) is 0.658. The highest BCUT2D eigenvalue weighted by Gasteiger charge is 2.19. The van der Waals surface area contributed by atoms with Crippen LogP contribution in [0.2, 0.25) is 0 Å². The van der Waals surface area contributed by atoms with Crippen LogP contribution in [0.5, 0.6) is 0 Å². The number of hydrogen-bond donors (Lipinski definition) is 2. The predicted molar refractivity (Wildman–Crippen MR) is 105 cm³/mol. The van der Waals surface area contributed by atoms with Gasteiger partial charge in [0.05, 0.1) is 11.9 Å². The zero-order chi connectivity index (χ0) is 17.6. The Labute approximate surface area is 160 Å². The molecule has 0 unspecified atom stereocenters. The molecule has 3 rings (SSSR count). The summed E-state index contributed by atoms with van der Waals surface area (Å²) in [6, 6.07) is 9.57. The standard InChI is InChI=1S/C18H20BrN3O2S/c19-13-5-7-15(8-6-13)25-21-14-11-16(18(23)24)17(20-12-14)22-9-3-1-2-4-10-22/h5-8,11-12,21H,1-4,9-10H2,(H,23,24). The summed E-state index contributed by atoms with van der Waals surface area (Å²) in [4.78, 5) is 19.3. The van der Waals surface area contributed by atoms with Crippen LogP contribution in [0.15, 0.2) is 45.9 Å².